The third kappa shape index (κ3) is 4.33. The molecule has 2 nitrogen and oxygen atoms in total. The first-order valence-electron chi connectivity index (χ1n) is 5.54. The summed E-state index contributed by atoms with van der Waals surface area (Å²) in [4.78, 5) is 11.8. The maximum Gasteiger partial charge on any atom is 0.162 e. The molecule has 16 heavy (non-hydrogen) atoms. The second-order valence-corrected chi connectivity index (χ2v) is 4.17. The van der Waals surface area contributed by atoms with Crippen molar-refractivity contribution < 1.29 is 9.53 Å². The van der Waals surface area contributed by atoms with Gasteiger partial charge in [-0.25, -0.2) is 0 Å². The second-order valence-electron chi connectivity index (χ2n) is 3.73. The molecule has 0 spiro atoms. The van der Waals surface area contributed by atoms with E-state index in [1.165, 1.54) is 0 Å². The zero-order chi connectivity index (χ0) is 12.0. The van der Waals surface area contributed by atoms with E-state index in [4.69, 9.17) is 16.3 Å². The molecule has 0 amide bonds. The second kappa shape index (κ2) is 6.66. The van der Waals surface area contributed by atoms with Gasteiger partial charge >= 0.3 is 0 Å². The van der Waals surface area contributed by atoms with Crippen LogP contribution in [0.25, 0.3) is 0 Å². The first kappa shape index (κ1) is 13.2. The van der Waals surface area contributed by atoms with Crippen molar-refractivity contribution in [1.82, 2.24) is 0 Å². The van der Waals surface area contributed by atoms with Gasteiger partial charge in [0, 0.05) is 23.6 Å². The minimum Gasteiger partial charge on any atom is -0.379 e. The van der Waals surface area contributed by atoms with Crippen LogP contribution in [0.4, 0.5) is 0 Å². The minimum atomic E-state index is 0.140. The van der Waals surface area contributed by atoms with Gasteiger partial charge in [0.2, 0.25) is 0 Å². The highest BCUT2D eigenvalue weighted by molar-refractivity contribution is 6.30. The standard InChI is InChI=1S/C13H17ClO2/c1-3-16-10(2)4-9-13(15)11-5-7-12(14)8-6-11/h5-8,10H,3-4,9H2,1-2H3. The Hall–Kier alpha value is -0.860. The van der Waals surface area contributed by atoms with Crippen molar-refractivity contribution in [1.29, 1.82) is 0 Å². The lowest BCUT2D eigenvalue weighted by Crippen LogP contribution is -2.10. The van der Waals surface area contributed by atoms with Gasteiger partial charge in [-0.3, -0.25) is 4.79 Å². The average Bonchev–Trinajstić information content (AvgIpc) is 2.27. The summed E-state index contributed by atoms with van der Waals surface area (Å²) in [5, 5.41) is 0.652. The maximum absolute atomic E-state index is 11.8. The van der Waals surface area contributed by atoms with E-state index in [-0.39, 0.29) is 11.9 Å². The Morgan fingerprint density at radius 3 is 2.56 bits per heavy atom. The summed E-state index contributed by atoms with van der Waals surface area (Å²) < 4.78 is 5.37. The highest BCUT2D eigenvalue weighted by atomic mass is 35.5. The lowest BCUT2D eigenvalue weighted by molar-refractivity contribution is 0.0650. The van der Waals surface area contributed by atoms with Gasteiger partial charge in [-0.15, -0.1) is 0 Å². The number of hydrogen-bond donors (Lipinski definition) is 0. The number of Topliss-reactive ketones (excluding diaryl/α,β-unsaturated/α-hetero) is 1. The third-order valence-electron chi connectivity index (χ3n) is 2.40. The molecule has 0 bridgehead atoms. The van der Waals surface area contributed by atoms with E-state index in [2.05, 4.69) is 0 Å². The molecule has 0 N–H and O–H groups in total. The van der Waals surface area contributed by atoms with Crippen molar-refractivity contribution in [2.75, 3.05) is 6.61 Å². The van der Waals surface area contributed by atoms with Crippen LogP contribution >= 0.6 is 11.6 Å². The van der Waals surface area contributed by atoms with Crippen molar-refractivity contribution in [2.24, 2.45) is 0 Å². The summed E-state index contributed by atoms with van der Waals surface area (Å²) in [5.74, 6) is 0.142. The molecule has 88 valence electrons. The summed E-state index contributed by atoms with van der Waals surface area (Å²) in [6, 6.07) is 6.99. The molecule has 1 atom stereocenters. The summed E-state index contributed by atoms with van der Waals surface area (Å²) in [6.45, 7) is 4.63. The highest BCUT2D eigenvalue weighted by Gasteiger charge is 2.08. The van der Waals surface area contributed by atoms with Crippen LogP contribution in [-0.4, -0.2) is 18.5 Å². The largest absolute Gasteiger partial charge is 0.379 e. The van der Waals surface area contributed by atoms with Gasteiger partial charge in [0.25, 0.3) is 0 Å². The minimum absolute atomic E-state index is 0.140. The van der Waals surface area contributed by atoms with E-state index in [9.17, 15) is 4.79 Å². The van der Waals surface area contributed by atoms with Gasteiger partial charge in [0.05, 0.1) is 6.10 Å². The molecule has 0 saturated carbocycles. The van der Waals surface area contributed by atoms with Crippen molar-refractivity contribution in [3.63, 3.8) is 0 Å². The van der Waals surface area contributed by atoms with Gasteiger partial charge in [-0.1, -0.05) is 11.6 Å². The fraction of sp³-hybridized carbons (Fsp3) is 0.462. The fourth-order valence-corrected chi connectivity index (χ4v) is 1.61. The molecular formula is C13H17ClO2. The van der Waals surface area contributed by atoms with Crippen LogP contribution in [-0.2, 0) is 4.74 Å². The monoisotopic (exact) mass is 240 g/mol. The molecule has 1 unspecified atom stereocenters. The van der Waals surface area contributed by atoms with E-state index in [0.717, 1.165) is 6.42 Å². The zero-order valence-corrected chi connectivity index (χ0v) is 10.5. The molecule has 0 saturated heterocycles. The smallest absolute Gasteiger partial charge is 0.162 e. The zero-order valence-electron chi connectivity index (χ0n) is 9.70. The van der Waals surface area contributed by atoms with Crippen molar-refractivity contribution in [3.8, 4) is 0 Å². The topological polar surface area (TPSA) is 26.3 Å². The molecule has 0 aromatic heterocycles. The first-order chi connectivity index (χ1) is 7.63. The Morgan fingerprint density at radius 2 is 2.00 bits per heavy atom. The number of carbonyl (C=O) groups is 1. The van der Waals surface area contributed by atoms with E-state index in [0.29, 0.717) is 23.6 Å². The number of halogens is 1. The van der Waals surface area contributed by atoms with Crippen LogP contribution in [0.5, 0.6) is 0 Å². The van der Waals surface area contributed by atoms with E-state index < -0.39 is 0 Å². The quantitative estimate of drug-likeness (QED) is 0.709. The molecular weight excluding hydrogens is 224 g/mol. The molecule has 0 fully saturated rings. The molecule has 0 aliphatic rings. The number of hydrogen-bond acceptors (Lipinski definition) is 2. The Bertz CT molecular complexity index is 332. The van der Waals surface area contributed by atoms with Gasteiger partial charge in [0.1, 0.15) is 0 Å². The van der Waals surface area contributed by atoms with Crippen LogP contribution in [0.3, 0.4) is 0 Å². The lowest BCUT2D eigenvalue weighted by atomic mass is 10.1. The number of rotatable bonds is 6. The van der Waals surface area contributed by atoms with Gasteiger partial charge in [-0.05, 0) is 44.5 Å². The molecule has 1 aromatic carbocycles. The Morgan fingerprint density at radius 1 is 1.38 bits per heavy atom. The van der Waals surface area contributed by atoms with Gasteiger partial charge in [0.15, 0.2) is 5.78 Å². The predicted molar refractivity (Wildman–Crippen MR) is 66.1 cm³/mol. The summed E-state index contributed by atoms with van der Waals surface area (Å²) in [6.07, 6.45) is 1.42. The van der Waals surface area contributed by atoms with E-state index in [1.54, 1.807) is 24.3 Å². The van der Waals surface area contributed by atoms with Crippen LogP contribution in [0, 0.1) is 0 Å². The molecule has 0 aliphatic heterocycles. The molecule has 0 heterocycles. The van der Waals surface area contributed by atoms with Crippen LogP contribution in [0.15, 0.2) is 24.3 Å². The average molecular weight is 241 g/mol. The fourth-order valence-electron chi connectivity index (χ4n) is 1.48. The summed E-state index contributed by atoms with van der Waals surface area (Å²) >= 11 is 5.75. The number of ether oxygens (including phenoxy) is 1. The Balaban J connectivity index is 2.43. The Kier molecular flexibility index (Phi) is 5.50. The Labute approximate surface area is 102 Å². The van der Waals surface area contributed by atoms with Gasteiger partial charge < -0.3 is 4.74 Å². The van der Waals surface area contributed by atoms with Gasteiger partial charge in [-0.2, -0.15) is 0 Å². The van der Waals surface area contributed by atoms with E-state index in [1.807, 2.05) is 13.8 Å². The van der Waals surface area contributed by atoms with Crippen molar-refractivity contribution in [3.05, 3.63) is 34.9 Å². The molecule has 0 radical (unpaired) electrons. The first-order valence-corrected chi connectivity index (χ1v) is 5.91. The number of ketones is 1. The van der Waals surface area contributed by atoms with E-state index >= 15 is 0 Å². The third-order valence-corrected chi connectivity index (χ3v) is 2.65. The lowest BCUT2D eigenvalue weighted by Gasteiger charge is -2.10. The molecule has 0 aliphatic carbocycles. The SMILES string of the molecule is CCOC(C)CCC(=O)c1ccc(Cl)cc1. The molecule has 1 aromatic rings. The number of carbonyl (C=O) groups excluding carboxylic acids is 1. The van der Waals surface area contributed by atoms with Crippen LogP contribution in [0.2, 0.25) is 5.02 Å². The molecule has 1 rings (SSSR count). The number of benzene rings is 1. The molecule has 3 heteroatoms. The summed E-state index contributed by atoms with van der Waals surface area (Å²) in [7, 11) is 0. The normalized spacial score (nSPS) is 12.4. The van der Waals surface area contributed by atoms with Crippen molar-refractivity contribution in [2.45, 2.75) is 32.8 Å². The van der Waals surface area contributed by atoms with Crippen LogP contribution < -0.4 is 0 Å². The summed E-state index contributed by atoms with van der Waals surface area (Å²) in [5.41, 5.74) is 0.716. The maximum atomic E-state index is 11.8. The highest BCUT2D eigenvalue weighted by Crippen LogP contribution is 2.13. The van der Waals surface area contributed by atoms with Crippen LogP contribution in [0.1, 0.15) is 37.0 Å². The van der Waals surface area contributed by atoms with Crippen molar-refractivity contribution >= 4 is 17.4 Å². The predicted octanol–water partition coefficient (Wildman–Crippen LogP) is 3.73.